The number of carbonyl (C=O) groups is 1. The van der Waals surface area contributed by atoms with E-state index in [1.54, 1.807) is 0 Å². The molecule has 0 aliphatic rings. The molecule has 0 aliphatic heterocycles. The van der Waals surface area contributed by atoms with Gasteiger partial charge in [0.05, 0.1) is 23.9 Å². The Hall–Kier alpha value is -2.08. The van der Waals surface area contributed by atoms with Crippen LogP contribution in [-0.4, -0.2) is 18.1 Å². The van der Waals surface area contributed by atoms with Crippen LogP contribution >= 0.6 is 11.6 Å². The van der Waals surface area contributed by atoms with Crippen LogP contribution in [0.4, 0.5) is 13.2 Å². The van der Waals surface area contributed by atoms with Crippen LogP contribution in [0.3, 0.4) is 0 Å². The summed E-state index contributed by atoms with van der Waals surface area (Å²) in [5.41, 5.74) is 0.112. The van der Waals surface area contributed by atoms with Crippen molar-refractivity contribution in [2.24, 2.45) is 0 Å². The second-order valence-electron chi connectivity index (χ2n) is 4.13. The molecule has 1 aromatic carbocycles. The van der Waals surface area contributed by atoms with Crippen LogP contribution in [0.2, 0.25) is 5.15 Å². The number of halogens is 4. The molecule has 0 fully saturated rings. The van der Waals surface area contributed by atoms with Crippen LogP contribution in [0, 0.1) is 0 Å². The van der Waals surface area contributed by atoms with Gasteiger partial charge in [0.25, 0.3) is 0 Å². The van der Waals surface area contributed by atoms with Crippen molar-refractivity contribution in [2.45, 2.75) is 6.18 Å². The lowest BCUT2D eigenvalue weighted by Crippen LogP contribution is -2.04. The van der Waals surface area contributed by atoms with Gasteiger partial charge in [-0.1, -0.05) is 23.7 Å². The second kappa shape index (κ2) is 5.73. The fourth-order valence-electron chi connectivity index (χ4n) is 1.71. The smallest absolute Gasteiger partial charge is 0.416 e. The van der Waals surface area contributed by atoms with Gasteiger partial charge >= 0.3 is 12.1 Å². The quantitative estimate of drug-likeness (QED) is 0.615. The van der Waals surface area contributed by atoms with Crippen molar-refractivity contribution in [1.82, 2.24) is 4.98 Å². The Bertz CT molecular complexity index is 669. The third kappa shape index (κ3) is 3.52. The van der Waals surface area contributed by atoms with Gasteiger partial charge in [-0.3, -0.25) is 0 Å². The number of ether oxygens (including phenoxy) is 1. The molecule has 1 aromatic heterocycles. The number of carbonyl (C=O) groups excluding carboxylic acids is 1. The minimum atomic E-state index is -4.41. The van der Waals surface area contributed by atoms with Gasteiger partial charge in [0, 0.05) is 5.56 Å². The normalized spacial score (nSPS) is 11.3. The first-order valence-electron chi connectivity index (χ1n) is 5.75. The van der Waals surface area contributed by atoms with Crippen LogP contribution in [0.15, 0.2) is 36.4 Å². The number of benzene rings is 1. The zero-order valence-corrected chi connectivity index (χ0v) is 11.5. The summed E-state index contributed by atoms with van der Waals surface area (Å²) in [4.78, 5) is 15.5. The standard InChI is InChI=1S/C14H9ClF3NO2/c1-21-13(20)9-6-11(19-12(15)7-9)8-2-4-10(5-3-8)14(16,17)18/h2-7H,1H3. The number of methoxy groups -OCH3 is 1. The van der Waals surface area contributed by atoms with Gasteiger partial charge in [-0.25, -0.2) is 9.78 Å². The number of hydrogen-bond donors (Lipinski definition) is 0. The third-order valence-electron chi connectivity index (χ3n) is 2.72. The van der Waals surface area contributed by atoms with E-state index in [1.807, 2.05) is 0 Å². The number of rotatable bonds is 2. The molecule has 0 unspecified atom stereocenters. The molecule has 0 N–H and O–H groups in total. The first-order valence-corrected chi connectivity index (χ1v) is 6.12. The maximum Gasteiger partial charge on any atom is 0.416 e. The minimum Gasteiger partial charge on any atom is -0.465 e. The van der Waals surface area contributed by atoms with Gasteiger partial charge in [0.15, 0.2) is 0 Å². The van der Waals surface area contributed by atoms with Crippen LogP contribution in [-0.2, 0) is 10.9 Å². The molecule has 2 rings (SSSR count). The third-order valence-corrected chi connectivity index (χ3v) is 2.92. The van der Waals surface area contributed by atoms with Gasteiger partial charge in [-0.2, -0.15) is 13.2 Å². The lowest BCUT2D eigenvalue weighted by Gasteiger charge is -2.08. The average Bonchev–Trinajstić information content (AvgIpc) is 2.45. The SMILES string of the molecule is COC(=O)c1cc(Cl)nc(-c2ccc(C(F)(F)F)cc2)c1. The van der Waals surface area contributed by atoms with Crippen molar-refractivity contribution in [3.8, 4) is 11.3 Å². The summed E-state index contributed by atoms with van der Waals surface area (Å²) in [6.45, 7) is 0. The summed E-state index contributed by atoms with van der Waals surface area (Å²) in [5.74, 6) is -0.604. The van der Waals surface area contributed by atoms with Crippen molar-refractivity contribution in [3.05, 3.63) is 52.7 Å². The number of nitrogens with zero attached hydrogens (tertiary/aromatic N) is 1. The van der Waals surface area contributed by atoms with E-state index >= 15 is 0 Å². The minimum absolute atomic E-state index is 0.0489. The average molecular weight is 316 g/mol. The molecule has 1 heterocycles. The largest absolute Gasteiger partial charge is 0.465 e. The van der Waals surface area contributed by atoms with Crippen LogP contribution in [0.25, 0.3) is 11.3 Å². The van der Waals surface area contributed by atoms with Crippen molar-refractivity contribution in [2.75, 3.05) is 7.11 Å². The highest BCUT2D eigenvalue weighted by molar-refractivity contribution is 6.29. The van der Waals surface area contributed by atoms with Gasteiger partial charge in [0.1, 0.15) is 5.15 Å². The van der Waals surface area contributed by atoms with Crippen molar-refractivity contribution in [3.63, 3.8) is 0 Å². The topological polar surface area (TPSA) is 39.2 Å². The summed E-state index contributed by atoms with van der Waals surface area (Å²) in [6, 6.07) is 7.14. The monoisotopic (exact) mass is 315 g/mol. The van der Waals surface area contributed by atoms with Crippen molar-refractivity contribution in [1.29, 1.82) is 0 Å². The van der Waals surface area contributed by atoms with Gasteiger partial charge in [-0.05, 0) is 24.3 Å². The first kappa shape index (κ1) is 15.3. The second-order valence-corrected chi connectivity index (χ2v) is 4.52. The van der Waals surface area contributed by atoms with E-state index in [4.69, 9.17) is 11.6 Å². The molecule has 0 radical (unpaired) electrons. The fourth-order valence-corrected chi connectivity index (χ4v) is 1.92. The maximum atomic E-state index is 12.5. The Morgan fingerprint density at radius 2 is 1.81 bits per heavy atom. The highest BCUT2D eigenvalue weighted by Crippen LogP contribution is 2.31. The van der Waals surface area contributed by atoms with E-state index in [2.05, 4.69) is 9.72 Å². The molecule has 0 bridgehead atoms. The molecular weight excluding hydrogens is 307 g/mol. The van der Waals surface area contributed by atoms with E-state index in [1.165, 1.54) is 31.4 Å². The highest BCUT2D eigenvalue weighted by atomic mass is 35.5. The van der Waals surface area contributed by atoms with Gasteiger partial charge in [-0.15, -0.1) is 0 Å². The molecule has 0 atom stereocenters. The maximum absolute atomic E-state index is 12.5. The van der Waals surface area contributed by atoms with E-state index in [0.717, 1.165) is 12.1 Å². The number of aromatic nitrogens is 1. The highest BCUT2D eigenvalue weighted by Gasteiger charge is 2.30. The molecule has 110 valence electrons. The Labute approximate surface area is 123 Å². The zero-order valence-electron chi connectivity index (χ0n) is 10.7. The molecule has 0 spiro atoms. The molecule has 0 saturated heterocycles. The lowest BCUT2D eigenvalue weighted by atomic mass is 10.1. The molecular formula is C14H9ClF3NO2. The summed E-state index contributed by atoms with van der Waals surface area (Å²) >= 11 is 5.81. The number of hydrogen-bond acceptors (Lipinski definition) is 3. The molecule has 7 heteroatoms. The van der Waals surface area contributed by atoms with E-state index in [-0.39, 0.29) is 16.4 Å². The van der Waals surface area contributed by atoms with Crippen molar-refractivity contribution < 1.29 is 22.7 Å². The number of esters is 1. The number of pyridine rings is 1. The summed E-state index contributed by atoms with van der Waals surface area (Å²) in [7, 11) is 1.22. The number of alkyl halides is 3. The first-order chi connectivity index (χ1) is 9.81. The predicted octanol–water partition coefficient (Wildman–Crippen LogP) is 4.21. The summed E-state index contributed by atoms with van der Waals surface area (Å²) in [6.07, 6.45) is -4.41. The Morgan fingerprint density at radius 3 is 2.33 bits per heavy atom. The molecule has 3 nitrogen and oxygen atoms in total. The summed E-state index contributed by atoms with van der Waals surface area (Å²) < 4.78 is 42.1. The van der Waals surface area contributed by atoms with Gasteiger partial charge in [0.2, 0.25) is 0 Å². The van der Waals surface area contributed by atoms with Crippen molar-refractivity contribution >= 4 is 17.6 Å². The predicted molar refractivity (Wildman–Crippen MR) is 71.0 cm³/mol. The Balaban J connectivity index is 2.42. The Morgan fingerprint density at radius 1 is 1.19 bits per heavy atom. The molecule has 0 amide bonds. The van der Waals surface area contributed by atoms with Crippen LogP contribution < -0.4 is 0 Å². The van der Waals surface area contributed by atoms with E-state index in [9.17, 15) is 18.0 Å². The van der Waals surface area contributed by atoms with Crippen LogP contribution in [0.1, 0.15) is 15.9 Å². The fraction of sp³-hybridized carbons (Fsp3) is 0.143. The molecule has 0 aliphatic carbocycles. The van der Waals surface area contributed by atoms with Gasteiger partial charge < -0.3 is 4.74 Å². The molecule has 0 saturated carbocycles. The zero-order chi connectivity index (χ0) is 15.6. The Kier molecular flexibility index (Phi) is 4.18. The van der Waals surface area contributed by atoms with E-state index < -0.39 is 17.7 Å². The van der Waals surface area contributed by atoms with Crippen LogP contribution in [0.5, 0.6) is 0 Å². The summed E-state index contributed by atoms with van der Waals surface area (Å²) in [5, 5.41) is 0.0489. The molecule has 21 heavy (non-hydrogen) atoms. The molecule has 2 aromatic rings. The lowest BCUT2D eigenvalue weighted by molar-refractivity contribution is -0.137. The van der Waals surface area contributed by atoms with E-state index in [0.29, 0.717) is 5.56 Å².